The van der Waals surface area contributed by atoms with Gasteiger partial charge in [-0.1, -0.05) is 27.5 Å². The van der Waals surface area contributed by atoms with E-state index in [1.807, 2.05) is 4.90 Å². The van der Waals surface area contributed by atoms with Crippen LogP contribution in [-0.2, 0) is 21.3 Å². The maximum Gasteiger partial charge on any atom is 0.341 e. The molecule has 0 atom stereocenters. The summed E-state index contributed by atoms with van der Waals surface area (Å²) in [5, 5.41) is 0.185. The number of furan rings is 1. The smallest absolute Gasteiger partial charge is 0.341 e. The number of nitrogens with zero attached hydrogens (tertiary/aromatic N) is 2. The molecule has 0 saturated carbocycles. The average molecular weight is 478 g/mol. The number of methoxy groups -OCH3 is 1. The van der Waals surface area contributed by atoms with Crippen LogP contribution in [0.15, 0.2) is 44.3 Å². The summed E-state index contributed by atoms with van der Waals surface area (Å²) in [4.78, 5) is 13.9. The summed E-state index contributed by atoms with van der Waals surface area (Å²) in [7, 11) is -2.35. The first kappa shape index (κ1) is 20.3. The lowest BCUT2D eigenvalue weighted by molar-refractivity contribution is 0.0595. The molecular formula is C17H18BrClN2O5S. The van der Waals surface area contributed by atoms with Gasteiger partial charge in [-0.2, -0.15) is 4.31 Å². The lowest BCUT2D eigenvalue weighted by Gasteiger charge is -2.33. The van der Waals surface area contributed by atoms with E-state index in [1.54, 1.807) is 18.2 Å². The van der Waals surface area contributed by atoms with Gasteiger partial charge in [-0.3, -0.25) is 4.90 Å². The van der Waals surface area contributed by atoms with E-state index < -0.39 is 16.0 Å². The zero-order valence-electron chi connectivity index (χ0n) is 14.5. The van der Waals surface area contributed by atoms with E-state index in [9.17, 15) is 13.2 Å². The van der Waals surface area contributed by atoms with Crippen molar-refractivity contribution in [2.24, 2.45) is 0 Å². The number of sulfonamides is 1. The first-order valence-electron chi connectivity index (χ1n) is 8.15. The molecule has 1 aliphatic heterocycles. The molecule has 2 heterocycles. The first-order valence-corrected chi connectivity index (χ1v) is 10.8. The van der Waals surface area contributed by atoms with Gasteiger partial charge in [-0.05, 0) is 24.3 Å². The second-order valence-electron chi connectivity index (χ2n) is 6.00. The van der Waals surface area contributed by atoms with Crippen molar-refractivity contribution < 1.29 is 22.4 Å². The van der Waals surface area contributed by atoms with E-state index in [0.29, 0.717) is 44.0 Å². The molecule has 0 radical (unpaired) electrons. The van der Waals surface area contributed by atoms with Crippen LogP contribution in [0, 0.1) is 0 Å². The topological polar surface area (TPSA) is 80.1 Å². The highest BCUT2D eigenvalue weighted by molar-refractivity contribution is 9.10. The molecule has 27 heavy (non-hydrogen) atoms. The van der Waals surface area contributed by atoms with Crippen LogP contribution in [0.4, 0.5) is 0 Å². The third-order valence-electron chi connectivity index (χ3n) is 4.36. The maximum absolute atomic E-state index is 12.9. The van der Waals surface area contributed by atoms with E-state index in [2.05, 4.69) is 15.9 Å². The largest absolute Gasteiger partial charge is 0.467 e. The number of hydrogen-bond donors (Lipinski definition) is 0. The molecule has 0 aliphatic carbocycles. The van der Waals surface area contributed by atoms with Crippen LogP contribution in [-0.4, -0.2) is 56.9 Å². The van der Waals surface area contributed by atoms with Crippen LogP contribution in [0.25, 0.3) is 0 Å². The fourth-order valence-corrected chi connectivity index (χ4v) is 5.34. The van der Waals surface area contributed by atoms with Crippen LogP contribution in [0.2, 0.25) is 5.02 Å². The fourth-order valence-electron chi connectivity index (χ4n) is 2.91. The zero-order chi connectivity index (χ0) is 19.6. The van der Waals surface area contributed by atoms with Crippen LogP contribution < -0.4 is 0 Å². The molecule has 7 nitrogen and oxygen atoms in total. The first-order chi connectivity index (χ1) is 12.8. The van der Waals surface area contributed by atoms with Crippen molar-refractivity contribution in [1.29, 1.82) is 0 Å². The second-order valence-corrected chi connectivity index (χ2v) is 9.23. The van der Waals surface area contributed by atoms with Crippen LogP contribution in [0.5, 0.6) is 0 Å². The van der Waals surface area contributed by atoms with Crippen LogP contribution in [0.3, 0.4) is 0 Å². The minimum Gasteiger partial charge on any atom is -0.467 e. The number of hydrogen-bond acceptors (Lipinski definition) is 6. The summed E-state index contributed by atoms with van der Waals surface area (Å²) in [6, 6.07) is 6.28. The van der Waals surface area contributed by atoms with Crippen LogP contribution >= 0.6 is 27.5 Å². The van der Waals surface area contributed by atoms with Crippen molar-refractivity contribution in [2.75, 3.05) is 33.3 Å². The molecule has 2 aromatic rings. The number of carbonyl (C=O) groups is 1. The van der Waals surface area contributed by atoms with Gasteiger partial charge in [0.25, 0.3) is 0 Å². The monoisotopic (exact) mass is 476 g/mol. The minimum atomic E-state index is -3.66. The number of rotatable bonds is 5. The predicted molar refractivity (Wildman–Crippen MR) is 103 cm³/mol. The minimum absolute atomic E-state index is 0.0971. The van der Waals surface area contributed by atoms with Gasteiger partial charge in [0.1, 0.15) is 16.2 Å². The number of ether oxygens (including phenoxy) is 1. The molecule has 146 valence electrons. The van der Waals surface area contributed by atoms with E-state index in [4.69, 9.17) is 20.8 Å². The van der Waals surface area contributed by atoms with Crippen molar-refractivity contribution in [3.05, 3.63) is 51.3 Å². The number of esters is 1. The highest BCUT2D eigenvalue weighted by atomic mass is 79.9. The maximum atomic E-state index is 12.9. The molecule has 0 spiro atoms. The Balaban J connectivity index is 1.67. The summed E-state index contributed by atoms with van der Waals surface area (Å²) >= 11 is 9.39. The molecule has 1 fully saturated rings. The Morgan fingerprint density at radius 1 is 1.26 bits per heavy atom. The van der Waals surface area contributed by atoms with Gasteiger partial charge in [-0.25, -0.2) is 13.2 Å². The molecule has 1 aliphatic rings. The van der Waals surface area contributed by atoms with Gasteiger partial charge in [0.15, 0.2) is 0 Å². The van der Waals surface area contributed by atoms with Crippen molar-refractivity contribution in [3.63, 3.8) is 0 Å². The Morgan fingerprint density at radius 2 is 1.96 bits per heavy atom. The van der Waals surface area contributed by atoms with E-state index in [1.165, 1.54) is 23.7 Å². The number of halogens is 2. The standard InChI is InChI=1S/C17H18BrClN2O5S/c1-25-17(22)13-4-9-26-15(13)11-20-5-7-21(8-6-20)27(23,24)16-3-2-12(18)10-14(16)19/h2-4,9-10H,5-8,11H2,1H3. The Morgan fingerprint density at radius 3 is 2.59 bits per heavy atom. The Bertz CT molecular complexity index is 939. The summed E-state index contributed by atoms with van der Waals surface area (Å²) in [6.07, 6.45) is 1.44. The number of carbonyl (C=O) groups excluding carboxylic acids is 1. The van der Waals surface area contributed by atoms with E-state index in [-0.39, 0.29) is 9.92 Å². The van der Waals surface area contributed by atoms with Gasteiger partial charge in [-0.15, -0.1) is 0 Å². The summed E-state index contributed by atoms with van der Waals surface area (Å²) in [6.45, 7) is 2.07. The van der Waals surface area contributed by atoms with E-state index in [0.717, 1.165) is 4.47 Å². The second kappa shape index (κ2) is 8.32. The lowest BCUT2D eigenvalue weighted by atomic mass is 10.2. The molecule has 1 aromatic heterocycles. The van der Waals surface area contributed by atoms with Gasteiger partial charge in [0.2, 0.25) is 10.0 Å². The molecule has 0 amide bonds. The van der Waals surface area contributed by atoms with Gasteiger partial charge in [0.05, 0.1) is 24.9 Å². The van der Waals surface area contributed by atoms with E-state index >= 15 is 0 Å². The molecule has 0 unspecified atom stereocenters. The summed E-state index contributed by atoms with van der Waals surface area (Å²) in [5.74, 6) is 0.0546. The highest BCUT2D eigenvalue weighted by Gasteiger charge is 2.31. The number of benzene rings is 1. The van der Waals surface area contributed by atoms with Crippen LogP contribution in [0.1, 0.15) is 16.1 Å². The highest BCUT2D eigenvalue weighted by Crippen LogP contribution is 2.28. The van der Waals surface area contributed by atoms with Crippen molar-refractivity contribution >= 4 is 43.5 Å². The third-order valence-corrected chi connectivity index (χ3v) is 7.24. The quantitative estimate of drug-likeness (QED) is 0.616. The van der Waals surface area contributed by atoms with Crippen molar-refractivity contribution in [2.45, 2.75) is 11.4 Å². The average Bonchev–Trinajstić information content (AvgIpc) is 3.09. The SMILES string of the molecule is COC(=O)c1ccoc1CN1CCN(S(=O)(=O)c2ccc(Br)cc2Cl)CC1. The Hall–Kier alpha value is -1.39. The third kappa shape index (κ3) is 4.38. The lowest BCUT2D eigenvalue weighted by Crippen LogP contribution is -2.48. The van der Waals surface area contributed by atoms with Gasteiger partial charge >= 0.3 is 5.97 Å². The molecular weight excluding hydrogens is 460 g/mol. The Kier molecular flexibility index (Phi) is 6.27. The predicted octanol–water partition coefficient (Wildman–Crippen LogP) is 2.99. The normalized spacial score (nSPS) is 16.4. The van der Waals surface area contributed by atoms with Crippen molar-refractivity contribution in [3.8, 4) is 0 Å². The summed E-state index contributed by atoms with van der Waals surface area (Å²) in [5.41, 5.74) is 0.384. The molecule has 1 aromatic carbocycles. The molecule has 3 rings (SSSR count). The zero-order valence-corrected chi connectivity index (χ0v) is 17.7. The van der Waals surface area contributed by atoms with Crippen molar-refractivity contribution in [1.82, 2.24) is 9.21 Å². The number of piperazine rings is 1. The molecule has 10 heteroatoms. The van der Waals surface area contributed by atoms with Gasteiger partial charge in [0, 0.05) is 30.7 Å². The van der Waals surface area contributed by atoms with Gasteiger partial charge < -0.3 is 9.15 Å². The molecule has 0 bridgehead atoms. The summed E-state index contributed by atoms with van der Waals surface area (Å²) < 4.78 is 38.0. The molecule has 1 saturated heterocycles. The molecule has 0 N–H and O–H groups in total. The fraction of sp³-hybridized carbons (Fsp3) is 0.353. The Labute approximate surface area is 171 Å².